The molecule has 2 N–H and O–H groups in total. The lowest BCUT2D eigenvalue weighted by atomic mass is 10.2. The third kappa shape index (κ3) is 2.19. The van der Waals surface area contributed by atoms with Crippen molar-refractivity contribution in [2.75, 3.05) is 12.0 Å². The normalized spacial score (nSPS) is 10.1. The van der Waals surface area contributed by atoms with Crippen LogP contribution in [0.1, 0.15) is 5.56 Å². The van der Waals surface area contributed by atoms with Gasteiger partial charge in [0.2, 0.25) is 0 Å². The number of benzene rings is 1. The van der Waals surface area contributed by atoms with Crippen molar-refractivity contribution in [3.8, 4) is 0 Å². The second-order valence-electron chi connectivity index (χ2n) is 2.62. The topological polar surface area (TPSA) is 69.2 Å². The molecule has 0 unspecified atom stereocenters. The van der Waals surface area contributed by atoms with Gasteiger partial charge in [0, 0.05) is 15.8 Å². The average molecular weight is 277 g/mol. The Bertz CT molecular complexity index is 371. The number of nitrogen functional groups attached to an aromatic ring is 1. The van der Waals surface area contributed by atoms with Gasteiger partial charge in [-0.15, -0.1) is 11.8 Å². The van der Waals surface area contributed by atoms with E-state index in [0.717, 1.165) is 4.90 Å². The van der Waals surface area contributed by atoms with Gasteiger partial charge in [0.15, 0.2) is 0 Å². The number of nitro groups is 1. The first-order chi connectivity index (χ1) is 6.60. The summed E-state index contributed by atoms with van der Waals surface area (Å²) in [4.78, 5) is 11.2. The minimum atomic E-state index is -0.448. The number of nitro benzene ring substituents is 1. The largest absolute Gasteiger partial charge is 0.393 e. The van der Waals surface area contributed by atoms with Gasteiger partial charge in [0.1, 0.15) is 5.69 Å². The van der Waals surface area contributed by atoms with Crippen molar-refractivity contribution in [1.82, 2.24) is 0 Å². The Balaban J connectivity index is 3.34. The van der Waals surface area contributed by atoms with Crippen LogP contribution in [0.25, 0.3) is 0 Å². The molecule has 14 heavy (non-hydrogen) atoms. The summed E-state index contributed by atoms with van der Waals surface area (Å²) in [5.74, 6) is 0. The molecule has 0 aliphatic heterocycles. The van der Waals surface area contributed by atoms with Gasteiger partial charge in [-0.25, -0.2) is 0 Å². The molecule has 6 heteroatoms. The number of nitrogens with two attached hydrogens (primary N) is 1. The maximum Gasteiger partial charge on any atom is 0.296 e. The summed E-state index contributed by atoms with van der Waals surface area (Å²) in [6.07, 6.45) is 1.90. The number of rotatable bonds is 3. The van der Waals surface area contributed by atoms with E-state index in [1.165, 1.54) is 11.8 Å². The van der Waals surface area contributed by atoms with Gasteiger partial charge in [0.25, 0.3) is 5.69 Å². The fraction of sp³-hybridized carbons (Fsp3) is 0.250. The SMILES string of the molecule is CSc1cc(N)c([N+](=O)[O-])c(CBr)c1. The van der Waals surface area contributed by atoms with Crippen LogP contribution in [0.5, 0.6) is 0 Å². The molecule has 0 saturated heterocycles. The Morgan fingerprint density at radius 2 is 2.29 bits per heavy atom. The molecule has 0 fully saturated rings. The molecule has 0 saturated carbocycles. The van der Waals surface area contributed by atoms with Gasteiger partial charge >= 0.3 is 0 Å². The van der Waals surface area contributed by atoms with E-state index in [1.54, 1.807) is 12.1 Å². The second-order valence-corrected chi connectivity index (χ2v) is 4.06. The van der Waals surface area contributed by atoms with E-state index in [4.69, 9.17) is 5.73 Å². The molecular weight excluding hydrogens is 268 g/mol. The maximum atomic E-state index is 10.7. The highest BCUT2D eigenvalue weighted by Crippen LogP contribution is 2.32. The Morgan fingerprint density at radius 3 is 2.71 bits per heavy atom. The number of nitrogens with zero attached hydrogens (tertiary/aromatic N) is 1. The van der Waals surface area contributed by atoms with Crippen LogP contribution >= 0.6 is 27.7 Å². The molecule has 0 bridgehead atoms. The zero-order valence-corrected chi connectivity index (χ0v) is 9.89. The molecule has 0 spiro atoms. The van der Waals surface area contributed by atoms with E-state index < -0.39 is 4.92 Å². The van der Waals surface area contributed by atoms with Crippen molar-refractivity contribution in [1.29, 1.82) is 0 Å². The van der Waals surface area contributed by atoms with Crippen molar-refractivity contribution < 1.29 is 4.92 Å². The lowest BCUT2D eigenvalue weighted by Crippen LogP contribution is -1.99. The number of thioether (sulfide) groups is 1. The number of alkyl halides is 1. The molecule has 4 nitrogen and oxygen atoms in total. The fourth-order valence-electron chi connectivity index (χ4n) is 1.13. The van der Waals surface area contributed by atoms with Gasteiger partial charge < -0.3 is 5.73 Å². The Morgan fingerprint density at radius 1 is 1.64 bits per heavy atom. The van der Waals surface area contributed by atoms with Crippen LogP contribution in [0.2, 0.25) is 0 Å². The molecule has 0 radical (unpaired) electrons. The summed E-state index contributed by atoms with van der Waals surface area (Å²) in [6, 6.07) is 3.39. The number of hydrogen-bond donors (Lipinski definition) is 1. The van der Waals surface area contributed by atoms with Crippen LogP contribution < -0.4 is 5.73 Å². The predicted octanol–water partition coefficient (Wildman–Crippen LogP) is 2.79. The highest BCUT2D eigenvalue weighted by atomic mass is 79.9. The summed E-state index contributed by atoms with van der Waals surface area (Å²) in [5, 5.41) is 11.1. The number of anilines is 1. The lowest BCUT2D eigenvalue weighted by Gasteiger charge is -2.05. The van der Waals surface area contributed by atoms with Crippen molar-refractivity contribution in [3.63, 3.8) is 0 Å². The zero-order valence-electron chi connectivity index (χ0n) is 7.49. The molecule has 0 heterocycles. The quantitative estimate of drug-likeness (QED) is 0.303. The first-order valence-corrected chi connectivity index (χ1v) is 6.11. The molecule has 0 amide bonds. The molecule has 0 atom stereocenters. The van der Waals surface area contributed by atoms with E-state index in [2.05, 4.69) is 15.9 Å². The highest BCUT2D eigenvalue weighted by molar-refractivity contribution is 9.08. The van der Waals surface area contributed by atoms with E-state index in [9.17, 15) is 10.1 Å². The Hall–Kier alpha value is -0.750. The smallest absolute Gasteiger partial charge is 0.296 e. The summed E-state index contributed by atoms with van der Waals surface area (Å²) < 4.78 is 0. The molecule has 0 aliphatic rings. The molecular formula is C8H9BrN2O2S. The molecule has 1 aromatic rings. The maximum absolute atomic E-state index is 10.7. The third-order valence-electron chi connectivity index (χ3n) is 1.75. The number of hydrogen-bond acceptors (Lipinski definition) is 4. The van der Waals surface area contributed by atoms with Crippen LogP contribution in [0.15, 0.2) is 17.0 Å². The Kier molecular flexibility index (Phi) is 3.77. The van der Waals surface area contributed by atoms with Crippen molar-refractivity contribution in [3.05, 3.63) is 27.8 Å². The summed E-state index contributed by atoms with van der Waals surface area (Å²) in [7, 11) is 0. The average Bonchev–Trinajstić information content (AvgIpc) is 2.15. The predicted molar refractivity (Wildman–Crippen MR) is 61.9 cm³/mol. The van der Waals surface area contributed by atoms with E-state index in [0.29, 0.717) is 10.9 Å². The van der Waals surface area contributed by atoms with Crippen molar-refractivity contribution >= 4 is 39.1 Å². The minimum absolute atomic E-state index is 0.000301. The van der Waals surface area contributed by atoms with Gasteiger partial charge in [-0.05, 0) is 18.4 Å². The van der Waals surface area contributed by atoms with Gasteiger partial charge in [-0.3, -0.25) is 10.1 Å². The summed E-state index contributed by atoms with van der Waals surface area (Å²) in [5.41, 5.74) is 6.43. The van der Waals surface area contributed by atoms with Crippen LogP contribution in [0, 0.1) is 10.1 Å². The van der Waals surface area contributed by atoms with Gasteiger partial charge in [0.05, 0.1) is 4.92 Å². The van der Waals surface area contributed by atoms with E-state index in [-0.39, 0.29) is 11.4 Å². The second kappa shape index (κ2) is 4.65. The minimum Gasteiger partial charge on any atom is -0.393 e. The molecule has 1 rings (SSSR count). The molecule has 0 aliphatic carbocycles. The lowest BCUT2D eigenvalue weighted by molar-refractivity contribution is -0.384. The molecule has 0 aromatic heterocycles. The standard InChI is InChI=1S/C8H9BrN2O2S/c1-14-6-2-5(4-9)8(11(12)13)7(10)3-6/h2-3H,4,10H2,1H3. The number of halogens is 1. The first kappa shape index (κ1) is 11.3. The van der Waals surface area contributed by atoms with Crippen LogP contribution in [-0.2, 0) is 5.33 Å². The van der Waals surface area contributed by atoms with Gasteiger partial charge in [-0.2, -0.15) is 0 Å². The zero-order chi connectivity index (χ0) is 10.7. The van der Waals surface area contributed by atoms with Gasteiger partial charge in [-0.1, -0.05) is 15.9 Å². The van der Waals surface area contributed by atoms with E-state index in [1.807, 2.05) is 6.26 Å². The highest BCUT2D eigenvalue weighted by Gasteiger charge is 2.18. The summed E-state index contributed by atoms with van der Waals surface area (Å²) >= 11 is 4.71. The van der Waals surface area contributed by atoms with Crippen molar-refractivity contribution in [2.45, 2.75) is 10.2 Å². The Labute approximate surface area is 94.1 Å². The van der Waals surface area contributed by atoms with Crippen LogP contribution in [0.4, 0.5) is 11.4 Å². The molecule has 76 valence electrons. The fourth-order valence-corrected chi connectivity index (χ4v) is 2.06. The molecule has 1 aromatic carbocycles. The monoisotopic (exact) mass is 276 g/mol. The van der Waals surface area contributed by atoms with E-state index >= 15 is 0 Å². The summed E-state index contributed by atoms with van der Waals surface area (Å²) in [6.45, 7) is 0. The van der Waals surface area contributed by atoms with Crippen LogP contribution in [0.3, 0.4) is 0 Å². The van der Waals surface area contributed by atoms with Crippen molar-refractivity contribution in [2.24, 2.45) is 0 Å². The third-order valence-corrected chi connectivity index (χ3v) is 3.07. The first-order valence-electron chi connectivity index (χ1n) is 3.77. The van der Waals surface area contributed by atoms with Crippen LogP contribution in [-0.4, -0.2) is 11.2 Å².